The smallest absolute Gasteiger partial charge is 0.218 e. The Bertz CT molecular complexity index is 445. The summed E-state index contributed by atoms with van der Waals surface area (Å²) in [6, 6.07) is 4.72. The highest BCUT2D eigenvalue weighted by Crippen LogP contribution is 2.20. The monoisotopic (exact) mass is 191 g/mol. The van der Waals surface area contributed by atoms with Crippen LogP contribution < -0.4 is 0 Å². The molecule has 0 aliphatic heterocycles. The maximum Gasteiger partial charge on any atom is 0.218 e. The molecule has 5 nitrogen and oxygen atoms in total. The molecule has 14 heavy (non-hydrogen) atoms. The highest BCUT2D eigenvalue weighted by Gasteiger charge is 2.07. The Hall–Kier alpha value is -2.04. The first kappa shape index (κ1) is 8.55. The second kappa shape index (κ2) is 3.02. The van der Waals surface area contributed by atoms with Crippen LogP contribution in [-0.4, -0.2) is 24.7 Å². The molecule has 72 valence electrons. The van der Waals surface area contributed by atoms with E-state index in [0.717, 1.165) is 11.8 Å². The van der Waals surface area contributed by atoms with E-state index in [-0.39, 0.29) is 11.8 Å². The quantitative estimate of drug-likeness (QED) is 0.702. The van der Waals surface area contributed by atoms with Crippen LogP contribution in [-0.2, 0) is 7.05 Å². The van der Waals surface area contributed by atoms with Crippen LogP contribution in [0.4, 0.5) is 0 Å². The maximum atomic E-state index is 9.16. The second-order valence-corrected chi connectivity index (χ2v) is 2.91. The summed E-state index contributed by atoms with van der Waals surface area (Å²) < 4.78 is 1.80. The zero-order chi connectivity index (χ0) is 10.1. The third-order valence-electron chi connectivity index (χ3n) is 1.87. The molecule has 0 aliphatic carbocycles. The van der Waals surface area contributed by atoms with E-state index in [1.165, 1.54) is 0 Å². The summed E-state index contributed by atoms with van der Waals surface area (Å²) in [6.07, 6.45) is 1.83. The number of aromatic hydroxyl groups is 2. The molecule has 2 rings (SSSR count). The van der Waals surface area contributed by atoms with Crippen LogP contribution in [0.5, 0.6) is 11.8 Å². The van der Waals surface area contributed by atoms with Crippen molar-refractivity contribution in [3.63, 3.8) is 0 Å². The normalized spacial score (nSPS) is 10.4. The Morgan fingerprint density at radius 2 is 1.86 bits per heavy atom. The Balaban J connectivity index is 2.57. The van der Waals surface area contributed by atoms with Gasteiger partial charge in [-0.15, -0.1) is 0 Å². The molecule has 2 N–H and O–H groups in total. The van der Waals surface area contributed by atoms with Gasteiger partial charge in [-0.3, -0.25) is 0 Å². The van der Waals surface area contributed by atoms with Crippen molar-refractivity contribution in [2.45, 2.75) is 0 Å². The molecule has 0 unspecified atom stereocenters. The van der Waals surface area contributed by atoms with Crippen LogP contribution in [0.15, 0.2) is 24.4 Å². The van der Waals surface area contributed by atoms with Crippen LogP contribution in [0.3, 0.4) is 0 Å². The number of aryl methyl sites for hydroxylation is 1. The van der Waals surface area contributed by atoms with Crippen molar-refractivity contribution >= 4 is 0 Å². The van der Waals surface area contributed by atoms with Crippen LogP contribution >= 0.6 is 0 Å². The predicted molar refractivity (Wildman–Crippen MR) is 49.8 cm³/mol. The van der Waals surface area contributed by atoms with E-state index in [2.05, 4.69) is 9.97 Å². The van der Waals surface area contributed by atoms with Crippen molar-refractivity contribution in [2.24, 2.45) is 7.05 Å². The summed E-state index contributed by atoms with van der Waals surface area (Å²) in [6.45, 7) is 0. The molecule has 0 aliphatic rings. The second-order valence-electron chi connectivity index (χ2n) is 2.91. The number of rotatable bonds is 1. The van der Waals surface area contributed by atoms with E-state index in [0.29, 0.717) is 5.82 Å². The minimum absolute atomic E-state index is 0.242. The molecule has 2 aromatic rings. The maximum absolute atomic E-state index is 9.16. The van der Waals surface area contributed by atoms with E-state index in [1.807, 2.05) is 19.3 Å². The molecule has 2 aromatic heterocycles. The first-order chi connectivity index (χ1) is 6.66. The standard InChI is InChI=1S/C9H9N3O2/c1-12-4-2-3-6(12)9-10-7(13)5-8(14)11-9/h2-5H,1H3,(H2,10,11,13,14). The summed E-state index contributed by atoms with van der Waals surface area (Å²) in [5.74, 6) is -0.183. The Kier molecular flexibility index (Phi) is 1.85. The van der Waals surface area contributed by atoms with Gasteiger partial charge in [-0.25, -0.2) is 0 Å². The van der Waals surface area contributed by atoms with Gasteiger partial charge in [0.15, 0.2) is 5.82 Å². The average molecular weight is 191 g/mol. The van der Waals surface area contributed by atoms with Gasteiger partial charge in [-0.2, -0.15) is 9.97 Å². The fourth-order valence-electron chi connectivity index (χ4n) is 1.23. The molecule has 0 saturated carbocycles. The lowest BCUT2D eigenvalue weighted by atomic mass is 10.4. The van der Waals surface area contributed by atoms with Crippen LogP contribution in [0.25, 0.3) is 11.5 Å². The summed E-state index contributed by atoms with van der Waals surface area (Å²) in [5.41, 5.74) is 0.733. The molecule has 0 fully saturated rings. The van der Waals surface area contributed by atoms with Gasteiger partial charge in [0, 0.05) is 13.2 Å². The Morgan fingerprint density at radius 1 is 1.21 bits per heavy atom. The molecule has 0 saturated heterocycles. The highest BCUT2D eigenvalue weighted by molar-refractivity contribution is 5.51. The molecule has 0 atom stereocenters. The SMILES string of the molecule is Cn1cccc1-c1nc(O)cc(O)n1. The zero-order valence-corrected chi connectivity index (χ0v) is 7.55. The molecule has 0 aromatic carbocycles. The third-order valence-corrected chi connectivity index (χ3v) is 1.87. The van der Waals surface area contributed by atoms with E-state index in [1.54, 1.807) is 10.6 Å². The lowest BCUT2D eigenvalue weighted by Crippen LogP contribution is -1.94. The van der Waals surface area contributed by atoms with Crippen molar-refractivity contribution < 1.29 is 10.2 Å². The topological polar surface area (TPSA) is 71.2 Å². The molecule has 0 spiro atoms. The first-order valence-corrected chi connectivity index (χ1v) is 4.05. The van der Waals surface area contributed by atoms with E-state index in [4.69, 9.17) is 10.2 Å². The summed E-state index contributed by atoms with van der Waals surface area (Å²) in [4.78, 5) is 7.60. The van der Waals surface area contributed by atoms with Crippen molar-refractivity contribution in [1.82, 2.24) is 14.5 Å². The highest BCUT2D eigenvalue weighted by atomic mass is 16.3. The fourth-order valence-corrected chi connectivity index (χ4v) is 1.23. The van der Waals surface area contributed by atoms with Crippen LogP contribution in [0.2, 0.25) is 0 Å². The van der Waals surface area contributed by atoms with Crippen molar-refractivity contribution in [1.29, 1.82) is 0 Å². The number of aromatic nitrogens is 3. The lowest BCUT2D eigenvalue weighted by Gasteiger charge is -2.02. The van der Waals surface area contributed by atoms with Gasteiger partial charge in [0.05, 0.1) is 11.8 Å². The predicted octanol–water partition coefficient (Wildman–Crippen LogP) is 0.893. The minimum Gasteiger partial charge on any atom is -0.493 e. The van der Waals surface area contributed by atoms with E-state index in [9.17, 15) is 0 Å². The van der Waals surface area contributed by atoms with Crippen molar-refractivity contribution in [3.05, 3.63) is 24.4 Å². The fraction of sp³-hybridized carbons (Fsp3) is 0.111. The number of hydrogen-bond acceptors (Lipinski definition) is 4. The molecule has 0 radical (unpaired) electrons. The molecular weight excluding hydrogens is 182 g/mol. The van der Waals surface area contributed by atoms with Gasteiger partial charge in [-0.05, 0) is 12.1 Å². The van der Waals surface area contributed by atoms with Crippen LogP contribution in [0.1, 0.15) is 0 Å². The summed E-state index contributed by atoms with van der Waals surface area (Å²) >= 11 is 0. The number of nitrogens with zero attached hydrogens (tertiary/aromatic N) is 3. The molecule has 0 bridgehead atoms. The van der Waals surface area contributed by atoms with E-state index < -0.39 is 0 Å². The largest absolute Gasteiger partial charge is 0.493 e. The zero-order valence-electron chi connectivity index (χ0n) is 7.55. The van der Waals surface area contributed by atoms with Gasteiger partial charge >= 0.3 is 0 Å². The minimum atomic E-state index is -0.242. The molecular formula is C9H9N3O2. The lowest BCUT2D eigenvalue weighted by molar-refractivity contribution is 0.422. The number of hydrogen-bond donors (Lipinski definition) is 2. The summed E-state index contributed by atoms with van der Waals surface area (Å²) in [5, 5.41) is 18.3. The molecule has 5 heteroatoms. The Labute approximate surface area is 80.3 Å². The average Bonchev–Trinajstić information content (AvgIpc) is 2.49. The summed E-state index contributed by atoms with van der Waals surface area (Å²) in [7, 11) is 1.83. The van der Waals surface area contributed by atoms with Crippen molar-refractivity contribution in [3.8, 4) is 23.3 Å². The first-order valence-electron chi connectivity index (χ1n) is 4.05. The van der Waals surface area contributed by atoms with Gasteiger partial charge in [-0.1, -0.05) is 0 Å². The van der Waals surface area contributed by atoms with Crippen LogP contribution in [0, 0.1) is 0 Å². The van der Waals surface area contributed by atoms with E-state index >= 15 is 0 Å². The van der Waals surface area contributed by atoms with Gasteiger partial charge in [0.25, 0.3) is 0 Å². The third kappa shape index (κ3) is 1.39. The molecule has 2 heterocycles. The molecule has 0 amide bonds. The van der Waals surface area contributed by atoms with Crippen molar-refractivity contribution in [2.75, 3.05) is 0 Å². The van der Waals surface area contributed by atoms with Gasteiger partial charge in [0.2, 0.25) is 11.8 Å². The Morgan fingerprint density at radius 3 is 2.36 bits per heavy atom. The van der Waals surface area contributed by atoms with Gasteiger partial charge < -0.3 is 14.8 Å². The van der Waals surface area contributed by atoms with Gasteiger partial charge in [0.1, 0.15) is 0 Å².